The maximum Gasteiger partial charge on any atom is 0.188 e. The Balaban J connectivity index is 1.75. The molecule has 0 spiro atoms. The maximum atomic E-state index is 11.2. The molecule has 0 radical (unpaired) electrons. The van der Waals surface area contributed by atoms with Crippen molar-refractivity contribution in [1.82, 2.24) is 4.98 Å². The molecule has 27 heavy (non-hydrogen) atoms. The summed E-state index contributed by atoms with van der Waals surface area (Å²) in [5.41, 5.74) is 2.37. The number of carbonyl (C=O) groups excluding carboxylic acids is 1. The summed E-state index contributed by atoms with van der Waals surface area (Å²) in [7, 11) is 0. The number of benzene rings is 3. The Kier molecular flexibility index (Phi) is 4.79. The van der Waals surface area contributed by atoms with E-state index in [1.807, 2.05) is 54.6 Å². The van der Waals surface area contributed by atoms with Crippen molar-refractivity contribution in [3.8, 4) is 11.3 Å². The summed E-state index contributed by atoms with van der Waals surface area (Å²) in [6.45, 7) is 0. The summed E-state index contributed by atoms with van der Waals surface area (Å²) in [5, 5.41) is 17.9. The molecule has 0 fully saturated rings. The zero-order chi connectivity index (χ0) is 18.8. The van der Waals surface area contributed by atoms with Crippen LogP contribution in [-0.2, 0) is 11.2 Å². The summed E-state index contributed by atoms with van der Waals surface area (Å²) in [6, 6.07) is 21.2. The van der Waals surface area contributed by atoms with Crippen molar-refractivity contribution in [2.75, 3.05) is 5.32 Å². The Bertz CT molecular complexity index is 1120. The van der Waals surface area contributed by atoms with Crippen LogP contribution in [0.2, 0.25) is 5.02 Å². The first kappa shape index (κ1) is 17.5. The summed E-state index contributed by atoms with van der Waals surface area (Å²) >= 11 is 7.27. The average Bonchev–Trinajstić information content (AvgIpc) is 3.04. The number of rotatable bonds is 5. The van der Waals surface area contributed by atoms with Crippen LogP contribution < -0.4 is 10.4 Å². The van der Waals surface area contributed by atoms with Gasteiger partial charge < -0.3 is 15.2 Å². The van der Waals surface area contributed by atoms with Crippen molar-refractivity contribution in [3.05, 3.63) is 76.6 Å². The molecule has 1 heterocycles. The van der Waals surface area contributed by atoms with Gasteiger partial charge in [-0.15, -0.1) is 11.3 Å². The summed E-state index contributed by atoms with van der Waals surface area (Å²) in [4.78, 5) is 16.5. The van der Waals surface area contributed by atoms with E-state index in [0.29, 0.717) is 20.7 Å². The number of carbonyl (C=O) groups is 1. The highest BCUT2D eigenvalue weighted by Crippen LogP contribution is 2.35. The van der Waals surface area contributed by atoms with Gasteiger partial charge in [0.1, 0.15) is 0 Å². The van der Waals surface area contributed by atoms with Gasteiger partial charge in [0.05, 0.1) is 5.69 Å². The smallest absolute Gasteiger partial charge is 0.188 e. The molecule has 0 aliphatic carbocycles. The highest BCUT2D eigenvalue weighted by Gasteiger charge is 2.14. The summed E-state index contributed by atoms with van der Waals surface area (Å²) in [6.07, 6.45) is -0.188. The average molecular weight is 394 g/mol. The van der Waals surface area contributed by atoms with Gasteiger partial charge in [-0.25, -0.2) is 4.98 Å². The molecule has 0 amide bonds. The van der Waals surface area contributed by atoms with Gasteiger partial charge >= 0.3 is 0 Å². The fraction of sp³-hybridized carbons (Fsp3) is 0.0476. The molecule has 1 aromatic heterocycles. The molecule has 4 rings (SSSR count). The fourth-order valence-corrected chi connectivity index (χ4v) is 4.05. The van der Waals surface area contributed by atoms with Crippen molar-refractivity contribution >= 4 is 50.5 Å². The van der Waals surface area contributed by atoms with Crippen molar-refractivity contribution in [2.45, 2.75) is 6.42 Å². The predicted octanol–water partition coefficient (Wildman–Crippen LogP) is 4.65. The van der Waals surface area contributed by atoms with Crippen LogP contribution in [0.3, 0.4) is 0 Å². The van der Waals surface area contributed by atoms with Crippen LogP contribution in [0.4, 0.5) is 10.8 Å². The van der Waals surface area contributed by atoms with Gasteiger partial charge in [-0.3, -0.25) is 0 Å². The van der Waals surface area contributed by atoms with E-state index in [4.69, 9.17) is 11.6 Å². The van der Waals surface area contributed by atoms with Gasteiger partial charge in [-0.1, -0.05) is 60.1 Å². The zero-order valence-electron chi connectivity index (χ0n) is 14.1. The molecule has 1 N–H and O–H groups in total. The highest BCUT2D eigenvalue weighted by molar-refractivity contribution is 7.16. The standard InChI is InChI=1S/C21H15ClN2O2S/c22-15-10-8-14(9-11-15)20-18(12-19(25)26)27-21(24-20)23-17-7-3-5-13-4-1-2-6-16(13)17/h1-11H,12H2,(H,23,24)(H,25,26)/p-1. The lowest BCUT2D eigenvalue weighted by atomic mass is 10.1. The molecule has 0 saturated heterocycles. The number of fused-ring (bicyclic) bond motifs is 1. The molecule has 0 bridgehead atoms. The van der Waals surface area contributed by atoms with E-state index < -0.39 is 5.97 Å². The van der Waals surface area contributed by atoms with Crippen LogP contribution in [-0.4, -0.2) is 11.0 Å². The molecule has 0 atom stereocenters. The van der Waals surface area contributed by atoms with Crippen molar-refractivity contribution < 1.29 is 9.90 Å². The third-order valence-corrected chi connectivity index (χ3v) is 5.37. The summed E-state index contributed by atoms with van der Waals surface area (Å²) in [5.74, 6) is -1.13. The number of nitrogens with zero attached hydrogens (tertiary/aromatic N) is 1. The Hall–Kier alpha value is -2.89. The molecule has 0 unspecified atom stereocenters. The van der Waals surface area contributed by atoms with Crippen LogP contribution in [0.25, 0.3) is 22.0 Å². The van der Waals surface area contributed by atoms with E-state index in [0.717, 1.165) is 22.0 Å². The van der Waals surface area contributed by atoms with E-state index in [9.17, 15) is 9.90 Å². The first-order valence-electron chi connectivity index (χ1n) is 8.30. The van der Waals surface area contributed by atoms with Gasteiger partial charge in [0.15, 0.2) is 5.13 Å². The van der Waals surface area contributed by atoms with E-state index in [2.05, 4.69) is 10.3 Å². The Labute approximate surface area is 165 Å². The van der Waals surface area contributed by atoms with E-state index in [1.54, 1.807) is 12.1 Å². The van der Waals surface area contributed by atoms with E-state index in [-0.39, 0.29) is 6.42 Å². The minimum Gasteiger partial charge on any atom is -0.550 e. The number of hydrogen-bond acceptors (Lipinski definition) is 5. The van der Waals surface area contributed by atoms with Crippen LogP contribution in [0.1, 0.15) is 4.88 Å². The molecule has 4 aromatic rings. The second kappa shape index (κ2) is 7.39. The molecule has 3 aromatic carbocycles. The number of aromatic nitrogens is 1. The Morgan fingerprint density at radius 2 is 1.78 bits per heavy atom. The van der Waals surface area contributed by atoms with Crippen LogP contribution in [0.15, 0.2) is 66.7 Å². The van der Waals surface area contributed by atoms with Crippen LogP contribution in [0.5, 0.6) is 0 Å². The first-order chi connectivity index (χ1) is 13.1. The van der Waals surface area contributed by atoms with Crippen LogP contribution in [0, 0.1) is 0 Å². The Morgan fingerprint density at radius 3 is 2.56 bits per heavy atom. The lowest BCUT2D eigenvalue weighted by Crippen LogP contribution is -2.24. The zero-order valence-corrected chi connectivity index (χ0v) is 15.7. The minimum absolute atomic E-state index is 0.188. The molecule has 4 nitrogen and oxygen atoms in total. The quantitative estimate of drug-likeness (QED) is 0.536. The predicted molar refractivity (Wildman–Crippen MR) is 109 cm³/mol. The van der Waals surface area contributed by atoms with Gasteiger partial charge in [0, 0.05) is 38.9 Å². The van der Waals surface area contributed by atoms with Gasteiger partial charge in [-0.05, 0) is 23.6 Å². The lowest BCUT2D eigenvalue weighted by molar-refractivity contribution is -0.304. The topological polar surface area (TPSA) is 65.0 Å². The molecule has 0 aliphatic heterocycles. The Morgan fingerprint density at radius 1 is 1.04 bits per heavy atom. The molecular weight excluding hydrogens is 380 g/mol. The monoisotopic (exact) mass is 393 g/mol. The number of aliphatic carboxylic acids is 1. The number of thiazole rings is 1. The number of halogens is 1. The minimum atomic E-state index is -1.13. The van der Waals surface area contributed by atoms with Gasteiger partial charge in [0.2, 0.25) is 0 Å². The third-order valence-electron chi connectivity index (χ3n) is 4.15. The molecule has 0 aliphatic rings. The SMILES string of the molecule is O=C([O-])Cc1sc(Nc2cccc3ccccc23)nc1-c1ccc(Cl)cc1. The normalized spacial score (nSPS) is 10.9. The molecular formula is C21H14ClN2O2S-. The maximum absolute atomic E-state index is 11.2. The van der Waals surface area contributed by atoms with Crippen molar-refractivity contribution in [3.63, 3.8) is 0 Å². The van der Waals surface area contributed by atoms with Crippen LogP contribution >= 0.6 is 22.9 Å². The largest absolute Gasteiger partial charge is 0.550 e. The first-order valence-corrected chi connectivity index (χ1v) is 9.50. The number of carboxylic acid groups (broad SMARTS) is 1. The van der Waals surface area contributed by atoms with E-state index >= 15 is 0 Å². The molecule has 6 heteroatoms. The third kappa shape index (κ3) is 3.79. The lowest BCUT2D eigenvalue weighted by Gasteiger charge is -2.06. The van der Waals surface area contributed by atoms with Gasteiger partial charge in [0.25, 0.3) is 0 Å². The highest BCUT2D eigenvalue weighted by atomic mass is 35.5. The number of carboxylic acids is 1. The van der Waals surface area contributed by atoms with Gasteiger partial charge in [-0.2, -0.15) is 0 Å². The second-order valence-corrected chi connectivity index (χ2v) is 7.52. The van der Waals surface area contributed by atoms with Crippen molar-refractivity contribution in [2.24, 2.45) is 0 Å². The number of anilines is 2. The fourth-order valence-electron chi connectivity index (χ4n) is 2.94. The second-order valence-electron chi connectivity index (χ2n) is 6.00. The van der Waals surface area contributed by atoms with E-state index in [1.165, 1.54) is 11.3 Å². The molecule has 134 valence electrons. The summed E-state index contributed by atoms with van der Waals surface area (Å²) < 4.78 is 0. The number of hydrogen-bond donors (Lipinski definition) is 1. The number of nitrogens with one attached hydrogen (secondary N) is 1. The van der Waals surface area contributed by atoms with Crippen molar-refractivity contribution in [1.29, 1.82) is 0 Å². The molecule has 0 saturated carbocycles.